The summed E-state index contributed by atoms with van der Waals surface area (Å²) in [6, 6.07) is 0. The number of carbonyl (C=O) groups is 4. The first-order chi connectivity index (χ1) is 55.2. The zero-order valence-electron chi connectivity index (χ0n) is 75.7. The average Bonchev–Trinajstić information content (AvgIpc) is 0.899. The van der Waals surface area contributed by atoms with Crippen molar-refractivity contribution in [3.63, 3.8) is 0 Å². The van der Waals surface area contributed by atoms with Crippen LogP contribution in [-0.2, 0) is 65.4 Å². The summed E-state index contributed by atoms with van der Waals surface area (Å²) >= 11 is 0. The summed E-state index contributed by atoms with van der Waals surface area (Å²) in [4.78, 5) is 73.5. The predicted octanol–water partition coefficient (Wildman–Crippen LogP) is 29.5. The largest absolute Gasteiger partial charge is 0.472 e. The molecule has 114 heavy (non-hydrogen) atoms. The minimum absolute atomic E-state index is 0.107. The highest BCUT2D eigenvalue weighted by Gasteiger charge is 2.31. The number of hydrogen-bond acceptors (Lipinski definition) is 15. The second-order valence-electron chi connectivity index (χ2n) is 35.5. The second kappa shape index (κ2) is 83.3. The fourth-order valence-corrected chi connectivity index (χ4v) is 16.4. The van der Waals surface area contributed by atoms with Crippen LogP contribution >= 0.6 is 15.6 Å². The molecule has 0 bridgehead atoms. The van der Waals surface area contributed by atoms with E-state index >= 15 is 0 Å². The highest BCUT2D eigenvalue weighted by atomic mass is 31.2. The molecule has 0 aromatic rings. The molecule has 0 aliphatic rings. The summed E-state index contributed by atoms with van der Waals surface area (Å²) in [5, 5.41) is 10.7. The SMILES string of the molecule is CCC(C)CCCCCCCCCCCCCCCCCCCCC(=O)O[C@H](COC(=O)CCCCCCCCC(C)CC)COP(=O)(O)OC[C@H](O)COP(=O)(O)OC[C@@H](COC(=O)CCCCCCCCCCCCCCCCCCCCC(C)C)OC(=O)CCCCCCCCCCCCCCCCCCCCC(C)C. The van der Waals surface area contributed by atoms with E-state index in [0.717, 1.165) is 120 Å². The van der Waals surface area contributed by atoms with Crippen LogP contribution in [0.4, 0.5) is 0 Å². The van der Waals surface area contributed by atoms with Gasteiger partial charge in [0.2, 0.25) is 0 Å². The maximum atomic E-state index is 13.2. The van der Waals surface area contributed by atoms with E-state index in [1.165, 1.54) is 302 Å². The molecule has 0 fully saturated rings. The second-order valence-corrected chi connectivity index (χ2v) is 38.5. The predicted molar refractivity (Wildman–Crippen MR) is 474 cm³/mol. The molecule has 0 aromatic carbocycles. The first-order valence-electron chi connectivity index (χ1n) is 48.8. The van der Waals surface area contributed by atoms with Crippen LogP contribution in [0.25, 0.3) is 0 Å². The van der Waals surface area contributed by atoms with Gasteiger partial charge in [0.05, 0.1) is 26.4 Å². The molecule has 4 unspecified atom stereocenters. The summed E-state index contributed by atoms with van der Waals surface area (Å²) in [6.07, 6.45) is 76.6. The van der Waals surface area contributed by atoms with Crippen molar-refractivity contribution < 1.29 is 80.2 Å². The van der Waals surface area contributed by atoms with E-state index in [4.69, 9.17) is 37.0 Å². The van der Waals surface area contributed by atoms with Crippen molar-refractivity contribution in [1.82, 2.24) is 0 Å². The molecule has 0 amide bonds. The Labute approximate surface area is 702 Å². The van der Waals surface area contributed by atoms with E-state index in [9.17, 15) is 43.2 Å². The van der Waals surface area contributed by atoms with Gasteiger partial charge in [0.25, 0.3) is 0 Å². The smallest absolute Gasteiger partial charge is 0.462 e. The molecule has 0 rings (SSSR count). The van der Waals surface area contributed by atoms with Gasteiger partial charge in [-0.05, 0) is 49.4 Å². The van der Waals surface area contributed by atoms with Crippen LogP contribution < -0.4 is 0 Å². The fourth-order valence-electron chi connectivity index (χ4n) is 14.8. The lowest BCUT2D eigenvalue weighted by Gasteiger charge is -2.21. The van der Waals surface area contributed by atoms with Gasteiger partial charge in [-0.1, -0.05) is 453 Å². The lowest BCUT2D eigenvalue weighted by Crippen LogP contribution is -2.30. The fraction of sp³-hybridized carbons (Fsp3) is 0.958. The van der Waals surface area contributed by atoms with E-state index in [0.29, 0.717) is 25.7 Å². The summed E-state index contributed by atoms with van der Waals surface area (Å²) < 4.78 is 69.1. The van der Waals surface area contributed by atoms with Crippen LogP contribution in [0.2, 0.25) is 0 Å². The van der Waals surface area contributed by atoms with Crippen molar-refractivity contribution in [2.45, 2.75) is 523 Å². The molecule has 0 saturated heterocycles. The van der Waals surface area contributed by atoms with Crippen molar-refractivity contribution in [3.8, 4) is 0 Å². The molecule has 0 radical (unpaired) electrons. The Morgan fingerprint density at radius 1 is 0.246 bits per heavy atom. The van der Waals surface area contributed by atoms with Crippen LogP contribution in [0.1, 0.15) is 505 Å². The van der Waals surface area contributed by atoms with Crippen LogP contribution in [0.15, 0.2) is 0 Å². The zero-order valence-corrected chi connectivity index (χ0v) is 77.5. The molecule has 678 valence electrons. The van der Waals surface area contributed by atoms with E-state index in [-0.39, 0.29) is 25.7 Å². The van der Waals surface area contributed by atoms with Gasteiger partial charge >= 0.3 is 39.5 Å². The van der Waals surface area contributed by atoms with Gasteiger partial charge in [0.1, 0.15) is 19.3 Å². The number of phosphoric ester groups is 2. The van der Waals surface area contributed by atoms with E-state index in [1.807, 2.05) is 0 Å². The van der Waals surface area contributed by atoms with Crippen LogP contribution in [0, 0.1) is 23.7 Å². The van der Waals surface area contributed by atoms with E-state index in [1.54, 1.807) is 0 Å². The number of carbonyl (C=O) groups excluding carboxylic acids is 4. The first-order valence-corrected chi connectivity index (χ1v) is 51.8. The van der Waals surface area contributed by atoms with Gasteiger partial charge in [0, 0.05) is 25.7 Å². The molecule has 0 aromatic heterocycles. The Kier molecular flexibility index (Phi) is 81.9. The van der Waals surface area contributed by atoms with Crippen molar-refractivity contribution >= 4 is 39.5 Å². The van der Waals surface area contributed by atoms with Crippen LogP contribution in [-0.4, -0.2) is 96.7 Å². The number of aliphatic hydroxyl groups excluding tert-OH is 1. The van der Waals surface area contributed by atoms with E-state index in [2.05, 4.69) is 55.4 Å². The monoisotopic (exact) mass is 1660 g/mol. The minimum Gasteiger partial charge on any atom is -0.462 e. The van der Waals surface area contributed by atoms with Crippen molar-refractivity contribution in [2.24, 2.45) is 23.7 Å². The molecule has 0 saturated carbocycles. The van der Waals surface area contributed by atoms with Gasteiger partial charge in [-0.25, -0.2) is 9.13 Å². The average molecular weight is 1660 g/mol. The minimum atomic E-state index is -4.97. The maximum absolute atomic E-state index is 13.2. The molecule has 0 heterocycles. The van der Waals surface area contributed by atoms with Crippen molar-refractivity contribution in [1.29, 1.82) is 0 Å². The molecule has 0 spiro atoms. The van der Waals surface area contributed by atoms with Crippen molar-refractivity contribution in [2.75, 3.05) is 39.6 Å². The van der Waals surface area contributed by atoms with Gasteiger partial charge in [-0.2, -0.15) is 0 Å². The molecular formula is C95H186O17P2. The summed E-state index contributed by atoms with van der Waals surface area (Å²) in [6.45, 7) is 14.4. The zero-order chi connectivity index (χ0) is 83.7. The Morgan fingerprint density at radius 2 is 0.421 bits per heavy atom. The van der Waals surface area contributed by atoms with Crippen molar-refractivity contribution in [3.05, 3.63) is 0 Å². The molecule has 0 aliphatic heterocycles. The number of phosphoric acid groups is 2. The molecular weight excluding hydrogens is 1470 g/mol. The number of rotatable bonds is 92. The Hall–Kier alpha value is -1.94. The highest BCUT2D eigenvalue weighted by molar-refractivity contribution is 7.47. The van der Waals surface area contributed by atoms with E-state index < -0.39 is 97.5 Å². The molecule has 19 heteroatoms. The topological polar surface area (TPSA) is 237 Å². The van der Waals surface area contributed by atoms with Crippen LogP contribution in [0.5, 0.6) is 0 Å². The number of esters is 4. The summed E-state index contributed by atoms with van der Waals surface area (Å²) in [7, 11) is -9.94. The standard InChI is InChI=1S/C95H186O17P2/c1-9-87(7)73-65-57-49-43-37-31-25-19-13-16-22-28-34-40-46-52-62-70-78-95(100)112-91(82-106-93(98)76-68-60-54-53-58-66-74-88(8)10-2)84-110-114(103,104)108-80-89(96)79-107-113(101,102)109-83-90(111-94(99)77-69-61-51-45-39-33-27-21-15-12-18-24-30-36-42-48-56-64-72-86(5)6)81-105-92(97)75-67-59-50-44-38-32-26-20-14-11-17-23-29-35-41-47-55-63-71-85(3)4/h85-91,96H,9-84H2,1-8H3,(H,101,102)(H,103,104)/t87?,88?,89-,90-,91-/m1/s1. The first kappa shape index (κ1) is 112. The quantitative estimate of drug-likeness (QED) is 0.0222. The Bertz CT molecular complexity index is 2200. The highest BCUT2D eigenvalue weighted by Crippen LogP contribution is 2.45. The summed E-state index contributed by atoms with van der Waals surface area (Å²) in [5.41, 5.74) is 0. The van der Waals surface area contributed by atoms with Gasteiger partial charge in [-0.3, -0.25) is 37.3 Å². The third-order valence-electron chi connectivity index (χ3n) is 23.0. The molecule has 7 atom stereocenters. The summed E-state index contributed by atoms with van der Waals surface area (Å²) in [5.74, 6) is 1.15. The van der Waals surface area contributed by atoms with Gasteiger partial charge < -0.3 is 33.8 Å². The molecule has 0 aliphatic carbocycles. The Morgan fingerprint density at radius 3 is 0.623 bits per heavy atom. The molecule has 3 N–H and O–H groups in total. The number of ether oxygens (including phenoxy) is 4. The lowest BCUT2D eigenvalue weighted by molar-refractivity contribution is -0.161. The number of unbranched alkanes of at least 4 members (excludes halogenated alkanes) is 56. The Balaban J connectivity index is 5.21. The van der Waals surface area contributed by atoms with Crippen LogP contribution in [0.3, 0.4) is 0 Å². The van der Waals surface area contributed by atoms with Gasteiger partial charge in [0.15, 0.2) is 12.2 Å². The normalized spacial score (nSPS) is 14.3. The third-order valence-corrected chi connectivity index (χ3v) is 24.9. The number of hydrogen-bond donors (Lipinski definition) is 3. The molecule has 17 nitrogen and oxygen atoms in total. The maximum Gasteiger partial charge on any atom is 0.472 e. The van der Waals surface area contributed by atoms with Gasteiger partial charge in [-0.15, -0.1) is 0 Å². The number of aliphatic hydroxyl groups is 1. The third kappa shape index (κ3) is 85.1. The lowest BCUT2D eigenvalue weighted by atomic mass is 9.99.